The van der Waals surface area contributed by atoms with E-state index in [0.29, 0.717) is 0 Å². The van der Waals surface area contributed by atoms with E-state index in [9.17, 15) is 18.3 Å². The van der Waals surface area contributed by atoms with Crippen molar-refractivity contribution >= 4 is 27.5 Å². The molecule has 0 aliphatic heterocycles. The average molecular weight is 366 g/mol. The smallest absolute Gasteiger partial charge is 0.133 e. The van der Waals surface area contributed by atoms with E-state index in [-0.39, 0.29) is 21.5 Å². The topological polar surface area (TPSA) is 20.2 Å². The maximum atomic E-state index is 13.7. The predicted octanol–water partition coefficient (Wildman–Crippen LogP) is 4.80. The molecule has 0 aliphatic carbocycles. The highest BCUT2D eigenvalue weighted by Crippen LogP contribution is 2.30. The summed E-state index contributed by atoms with van der Waals surface area (Å²) in [6.07, 6.45) is -1.85. The molecule has 0 fully saturated rings. The Morgan fingerprint density at radius 3 is 2.25 bits per heavy atom. The predicted molar refractivity (Wildman–Crippen MR) is 74.1 cm³/mol. The van der Waals surface area contributed by atoms with Crippen LogP contribution >= 0.6 is 27.5 Å². The molecule has 1 unspecified atom stereocenters. The van der Waals surface area contributed by atoms with Gasteiger partial charge in [0.1, 0.15) is 17.5 Å². The van der Waals surface area contributed by atoms with Gasteiger partial charge in [0.25, 0.3) is 0 Å². The van der Waals surface area contributed by atoms with Gasteiger partial charge < -0.3 is 5.11 Å². The molecular weight excluding hydrogens is 357 g/mol. The summed E-state index contributed by atoms with van der Waals surface area (Å²) in [6.45, 7) is 0. The van der Waals surface area contributed by atoms with Crippen LogP contribution in [0, 0.1) is 17.5 Å². The minimum Gasteiger partial charge on any atom is -0.388 e. The third-order valence-corrected chi connectivity index (χ3v) is 3.65. The highest BCUT2D eigenvalue weighted by molar-refractivity contribution is 9.10. The van der Waals surface area contributed by atoms with E-state index in [4.69, 9.17) is 11.6 Å². The molecular formula is C14H9BrClF3O. The molecule has 20 heavy (non-hydrogen) atoms. The van der Waals surface area contributed by atoms with Gasteiger partial charge in [0.15, 0.2) is 0 Å². The molecule has 0 amide bonds. The van der Waals surface area contributed by atoms with E-state index < -0.39 is 29.1 Å². The van der Waals surface area contributed by atoms with Crippen molar-refractivity contribution < 1.29 is 18.3 Å². The van der Waals surface area contributed by atoms with Gasteiger partial charge in [-0.15, -0.1) is 0 Å². The third-order valence-electron chi connectivity index (χ3n) is 2.84. The van der Waals surface area contributed by atoms with Crippen molar-refractivity contribution in [2.45, 2.75) is 12.5 Å². The van der Waals surface area contributed by atoms with Gasteiger partial charge in [0.05, 0.1) is 11.7 Å². The fraction of sp³-hybridized carbons (Fsp3) is 0.143. The summed E-state index contributed by atoms with van der Waals surface area (Å²) in [5.74, 6) is -2.44. The van der Waals surface area contributed by atoms with Gasteiger partial charge in [-0.25, -0.2) is 13.2 Å². The van der Waals surface area contributed by atoms with E-state index in [1.165, 1.54) is 18.2 Å². The lowest BCUT2D eigenvalue weighted by Crippen LogP contribution is -2.09. The summed E-state index contributed by atoms with van der Waals surface area (Å²) < 4.78 is 41.2. The molecule has 106 valence electrons. The average Bonchev–Trinajstić information content (AvgIpc) is 2.32. The number of halogens is 5. The van der Waals surface area contributed by atoms with Crippen molar-refractivity contribution in [2.24, 2.45) is 0 Å². The first-order chi connectivity index (χ1) is 9.40. The SMILES string of the molecule is OC(Cc1c(F)cccc1Cl)c1c(F)cc(Br)cc1F. The molecule has 0 heterocycles. The zero-order chi connectivity index (χ0) is 14.9. The molecule has 0 saturated carbocycles. The summed E-state index contributed by atoms with van der Waals surface area (Å²) in [6, 6.07) is 6.09. The number of hydrogen-bond donors (Lipinski definition) is 1. The highest BCUT2D eigenvalue weighted by Gasteiger charge is 2.21. The number of benzene rings is 2. The molecule has 0 radical (unpaired) electrons. The Morgan fingerprint density at radius 1 is 1.10 bits per heavy atom. The van der Waals surface area contributed by atoms with Crippen molar-refractivity contribution in [3.8, 4) is 0 Å². The van der Waals surface area contributed by atoms with E-state index in [1.807, 2.05) is 0 Å². The molecule has 0 aromatic heterocycles. The molecule has 2 aromatic rings. The molecule has 0 spiro atoms. The Balaban J connectivity index is 2.36. The first-order valence-electron chi connectivity index (χ1n) is 5.65. The first kappa shape index (κ1) is 15.4. The van der Waals surface area contributed by atoms with Gasteiger partial charge in [0, 0.05) is 21.5 Å². The van der Waals surface area contributed by atoms with Crippen LogP contribution in [-0.4, -0.2) is 5.11 Å². The molecule has 1 nitrogen and oxygen atoms in total. The zero-order valence-electron chi connectivity index (χ0n) is 10.0. The van der Waals surface area contributed by atoms with Crippen LogP contribution in [0.5, 0.6) is 0 Å². The maximum Gasteiger partial charge on any atom is 0.133 e. The molecule has 2 aromatic carbocycles. The van der Waals surface area contributed by atoms with E-state index in [1.54, 1.807) is 0 Å². The quantitative estimate of drug-likeness (QED) is 0.829. The van der Waals surface area contributed by atoms with Crippen LogP contribution < -0.4 is 0 Å². The normalized spacial score (nSPS) is 12.5. The fourth-order valence-corrected chi connectivity index (χ4v) is 2.54. The Labute approximate surface area is 127 Å². The lowest BCUT2D eigenvalue weighted by atomic mass is 10.00. The van der Waals surface area contributed by atoms with Crippen molar-refractivity contribution in [3.05, 3.63) is 68.4 Å². The van der Waals surface area contributed by atoms with Gasteiger partial charge in [-0.3, -0.25) is 0 Å². The van der Waals surface area contributed by atoms with Crippen LogP contribution in [-0.2, 0) is 6.42 Å². The monoisotopic (exact) mass is 364 g/mol. The molecule has 0 bridgehead atoms. The Hall–Kier alpha value is -1.04. The van der Waals surface area contributed by atoms with Crippen molar-refractivity contribution in [1.82, 2.24) is 0 Å². The van der Waals surface area contributed by atoms with Crippen LogP contribution in [0.4, 0.5) is 13.2 Å². The highest BCUT2D eigenvalue weighted by atomic mass is 79.9. The van der Waals surface area contributed by atoms with Gasteiger partial charge in [0.2, 0.25) is 0 Å². The maximum absolute atomic E-state index is 13.7. The van der Waals surface area contributed by atoms with E-state index in [0.717, 1.165) is 12.1 Å². The van der Waals surface area contributed by atoms with Crippen LogP contribution in [0.25, 0.3) is 0 Å². The Morgan fingerprint density at radius 2 is 1.70 bits per heavy atom. The summed E-state index contributed by atoms with van der Waals surface area (Å²) in [4.78, 5) is 0. The number of aliphatic hydroxyl groups is 1. The van der Waals surface area contributed by atoms with Crippen LogP contribution in [0.1, 0.15) is 17.2 Å². The van der Waals surface area contributed by atoms with Crippen molar-refractivity contribution in [2.75, 3.05) is 0 Å². The first-order valence-corrected chi connectivity index (χ1v) is 6.82. The summed E-state index contributed by atoms with van der Waals surface area (Å²) >= 11 is 8.76. The van der Waals surface area contributed by atoms with Gasteiger partial charge in [-0.2, -0.15) is 0 Å². The van der Waals surface area contributed by atoms with Crippen LogP contribution in [0.3, 0.4) is 0 Å². The second kappa shape index (κ2) is 6.16. The number of aliphatic hydroxyl groups excluding tert-OH is 1. The Kier molecular flexibility index (Phi) is 4.73. The van der Waals surface area contributed by atoms with E-state index >= 15 is 0 Å². The van der Waals surface area contributed by atoms with Crippen LogP contribution in [0.2, 0.25) is 5.02 Å². The number of hydrogen-bond acceptors (Lipinski definition) is 1. The molecule has 6 heteroatoms. The minimum absolute atomic E-state index is 0.0170. The number of rotatable bonds is 3. The second-order valence-corrected chi connectivity index (χ2v) is 5.53. The second-order valence-electron chi connectivity index (χ2n) is 4.20. The summed E-state index contributed by atoms with van der Waals surface area (Å²) in [5.41, 5.74) is -0.490. The largest absolute Gasteiger partial charge is 0.388 e. The minimum atomic E-state index is -1.53. The molecule has 1 N–H and O–H groups in total. The third kappa shape index (κ3) is 3.16. The van der Waals surface area contributed by atoms with Gasteiger partial charge in [-0.1, -0.05) is 33.6 Å². The fourth-order valence-electron chi connectivity index (χ4n) is 1.89. The van der Waals surface area contributed by atoms with Gasteiger partial charge >= 0.3 is 0 Å². The molecule has 0 saturated heterocycles. The lowest BCUT2D eigenvalue weighted by Gasteiger charge is -2.15. The van der Waals surface area contributed by atoms with Crippen molar-refractivity contribution in [1.29, 1.82) is 0 Å². The Bertz CT molecular complexity index is 605. The molecule has 1 atom stereocenters. The summed E-state index contributed by atoms with van der Waals surface area (Å²) in [5, 5.41) is 10.1. The van der Waals surface area contributed by atoms with Crippen LogP contribution in [0.15, 0.2) is 34.8 Å². The van der Waals surface area contributed by atoms with Gasteiger partial charge in [-0.05, 0) is 24.3 Å². The molecule has 2 rings (SSSR count). The lowest BCUT2D eigenvalue weighted by molar-refractivity contribution is 0.167. The standard InChI is InChI=1S/C14H9BrClF3O/c15-7-4-11(18)14(12(19)5-7)13(20)6-8-9(16)2-1-3-10(8)17/h1-5,13,20H,6H2. The van der Waals surface area contributed by atoms with E-state index in [2.05, 4.69) is 15.9 Å². The van der Waals surface area contributed by atoms with Crippen molar-refractivity contribution in [3.63, 3.8) is 0 Å². The summed E-state index contributed by atoms with van der Waals surface area (Å²) in [7, 11) is 0. The zero-order valence-corrected chi connectivity index (χ0v) is 12.4. The molecule has 0 aliphatic rings.